The minimum atomic E-state index is 0.261. The molecule has 4 N–H and O–H groups in total. The van der Waals surface area contributed by atoms with Gasteiger partial charge in [-0.1, -0.05) is 23.7 Å². The standard InChI is InChI=1S/C18H19ClN6/c19-13-3-1-11(2-4-13)16-15(14-7-10-22-18(20)23-14)17(25-24-16)12-5-8-21-9-6-12/h1-4,7,10,12,21H,5-6,8-9H2,(H,24,25)(H2,20,22,23). The van der Waals surface area contributed by atoms with Gasteiger partial charge >= 0.3 is 0 Å². The quantitative estimate of drug-likeness (QED) is 0.671. The summed E-state index contributed by atoms with van der Waals surface area (Å²) >= 11 is 6.03. The molecule has 1 aromatic carbocycles. The molecule has 0 bridgehead atoms. The number of aromatic amines is 1. The Labute approximate surface area is 150 Å². The molecule has 0 saturated carbocycles. The molecule has 7 heteroatoms. The van der Waals surface area contributed by atoms with Crippen molar-refractivity contribution in [2.24, 2.45) is 0 Å². The van der Waals surface area contributed by atoms with Crippen LogP contribution < -0.4 is 11.1 Å². The lowest BCUT2D eigenvalue weighted by Gasteiger charge is -2.22. The van der Waals surface area contributed by atoms with Crippen LogP contribution in [-0.2, 0) is 0 Å². The first-order chi connectivity index (χ1) is 12.2. The van der Waals surface area contributed by atoms with Crippen LogP contribution in [0.5, 0.6) is 0 Å². The van der Waals surface area contributed by atoms with Gasteiger partial charge in [-0.05, 0) is 44.1 Å². The molecule has 0 radical (unpaired) electrons. The van der Waals surface area contributed by atoms with Gasteiger partial charge < -0.3 is 11.1 Å². The fourth-order valence-corrected chi connectivity index (χ4v) is 3.48. The van der Waals surface area contributed by atoms with E-state index in [1.807, 2.05) is 30.3 Å². The Morgan fingerprint density at radius 3 is 2.56 bits per heavy atom. The second kappa shape index (κ2) is 6.82. The van der Waals surface area contributed by atoms with Gasteiger partial charge in [-0.25, -0.2) is 9.97 Å². The normalized spacial score (nSPS) is 15.4. The lowest BCUT2D eigenvalue weighted by Crippen LogP contribution is -2.27. The maximum absolute atomic E-state index is 6.03. The van der Waals surface area contributed by atoms with E-state index in [9.17, 15) is 0 Å². The van der Waals surface area contributed by atoms with E-state index in [1.54, 1.807) is 6.20 Å². The highest BCUT2D eigenvalue weighted by atomic mass is 35.5. The van der Waals surface area contributed by atoms with Crippen LogP contribution in [0.1, 0.15) is 24.5 Å². The van der Waals surface area contributed by atoms with E-state index in [4.69, 9.17) is 17.3 Å². The Bertz CT molecular complexity index is 868. The molecule has 0 amide bonds. The van der Waals surface area contributed by atoms with E-state index in [2.05, 4.69) is 25.5 Å². The fourth-order valence-electron chi connectivity index (χ4n) is 3.35. The monoisotopic (exact) mass is 354 g/mol. The highest BCUT2D eigenvalue weighted by Crippen LogP contribution is 2.38. The Hall–Kier alpha value is -2.44. The number of piperidine rings is 1. The summed E-state index contributed by atoms with van der Waals surface area (Å²) in [4.78, 5) is 8.45. The zero-order valence-corrected chi connectivity index (χ0v) is 14.4. The van der Waals surface area contributed by atoms with Gasteiger partial charge in [-0.3, -0.25) is 5.10 Å². The van der Waals surface area contributed by atoms with Gasteiger partial charge in [0.1, 0.15) is 5.69 Å². The molecule has 3 aromatic rings. The number of halogens is 1. The maximum Gasteiger partial charge on any atom is 0.220 e. The summed E-state index contributed by atoms with van der Waals surface area (Å²) in [7, 11) is 0. The minimum Gasteiger partial charge on any atom is -0.368 e. The molecule has 1 aliphatic heterocycles. The summed E-state index contributed by atoms with van der Waals surface area (Å²) in [5, 5.41) is 12.0. The number of hydrogen-bond donors (Lipinski definition) is 3. The fraction of sp³-hybridized carbons (Fsp3) is 0.278. The number of nitrogen functional groups attached to an aromatic ring is 1. The molecule has 25 heavy (non-hydrogen) atoms. The van der Waals surface area contributed by atoms with Gasteiger partial charge in [0.15, 0.2) is 0 Å². The van der Waals surface area contributed by atoms with Crippen LogP contribution >= 0.6 is 11.6 Å². The molecule has 128 valence electrons. The molecule has 3 heterocycles. The molecule has 2 aromatic heterocycles. The predicted molar refractivity (Wildman–Crippen MR) is 99.3 cm³/mol. The number of rotatable bonds is 3. The minimum absolute atomic E-state index is 0.261. The van der Waals surface area contributed by atoms with Gasteiger partial charge in [0.25, 0.3) is 0 Å². The van der Waals surface area contributed by atoms with Crippen molar-refractivity contribution in [3.8, 4) is 22.5 Å². The van der Waals surface area contributed by atoms with Crippen LogP contribution in [0, 0.1) is 0 Å². The third-order valence-electron chi connectivity index (χ3n) is 4.59. The van der Waals surface area contributed by atoms with Crippen molar-refractivity contribution >= 4 is 17.5 Å². The van der Waals surface area contributed by atoms with Crippen molar-refractivity contribution in [3.63, 3.8) is 0 Å². The number of hydrogen-bond acceptors (Lipinski definition) is 5. The number of nitrogens with one attached hydrogen (secondary N) is 2. The maximum atomic E-state index is 6.03. The highest BCUT2D eigenvalue weighted by Gasteiger charge is 2.25. The molecule has 1 aliphatic rings. The van der Waals surface area contributed by atoms with Crippen molar-refractivity contribution in [1.29, 1.82) is 0 Å². The first kappa shape index (κ1) is 16.1. The van der Waals surface area contributed by atoms with E-state index in [-0.39, 0.29) is 5.95 Å². The van der Waals surface area contributed by atoms with E-state index in [0.717, 1.165) is 54.1 Å². The van der Waals surface area contributed by atoms with E-state index in [0.29, 0.717) is 10.9 Å². The number of anilines is 1. The van der Waals surface area contributed by atoms with Gasteiger partial charge in [0.2, 0.25) is 5.95 Å². The summed E-state index contributed by atoms with van der Waals surface area (Å²) in [5.41, 5.74) is 10.6. The number of nitrogens with two attached hydrogens (primary N) is 1. The van der Waals surface area contributed by atoms with Crippen molar-refractivity contribution in [1.82, 2.24) is 25.5 Å². The van der Waals surface area contributed by atoms with Crippen LogP contribution in [0.3, 0.4) is 0 Å². The van der Waals surface area contributed by atoms with Crippen LogP contribution in [0.4, 0.5) is 5.95 Å². The smallest absolute Gasteiger partial charge is 0.220 e. The van der Waals surface area contributed by atoms with Crippen LogP contribution in [-0.4, -0.2) is 33.3 Å². The molecule has 0 unspecified atom stereocenters. The first-order valence-corrected chi connectivity index (χ1v) is 8.74. The molecule has 4 rings (SSSR count). The molecule has 6 nitrogen and oxygen atoms in total. The van der Waals surface area contributed by atoms with E-state index >= 15 is 0 Å². The Kier molecular flexibility index (Phi) is 4.38. The molecule has 1 fully saturated rings. The average Bonchev–Trinajstić information content (AvgIpc) is 3.08. The van der Waals surface area contributed by atoms with Gasteiger partial charge in [-0.2, -0.15) is 5.10 Å². The number of nitrogens with zero attached hydrogens (tertiary/aromatic N) is 3. The van der Waals surface area contributed by atoms with E-state index in [1.165, 1.54) is 0 Å². The molecular formula is C18H19ClN6. The third kappa shape index (κ3) is 3.23. The molecular weight excluding hydrogens is 336 g/mol. The zero-order valence-electron chi connectivity index (χ0n) is 13.7. The number of H-pyrrole nitrogens is 1. The molecule has 0 spiro atoms. The predicted octanol–water partition coefficient (Wildman–Crippen LogP) is 3.24. The third-order valence-corrected chi connectivity index (χ3v) is 4.84. The molecule has 0 atom stereocenters. The molecule has 0 aliphatic carbocycles. The topological polar surface area (TPSA) is 92.5 Å². The van der Waals surface area contributed by atoms with Gasteiger partial charge in [-0.15, -0.1) is 0 Å². The van der Waals surface area contributed by atoms with Crippen molar-refractivity contribution in [3.05, 3.63) is 47.2 Å². The number of aromatic nitrogens is 4. The first-order valence-electron chi connectivity index (χ1n) is 8.36. The van der Waals surface area contributed by atoms with Crippen molar-refractivity contribution in [2.75, 3.05) is 18.8 Å². The largest absolute Gasteiger partial charge is 0.368 e. The summed E-state index contributed by atoms with van der Waals surface area (Å²) in [6.45, 7) is 2.01. The summed E-state index contributed by atoms with van der Waals surface area (Å²) < 4.78 is 0. The Morgan fingerprint density at radius 1 is 1.08 bits per heavy atom. The van der Waals surface area contributed by atoms with Gasteiger partial charge in [0, 0.05) is 34.0 Å². The summed E-state index contributed by atoms with van der Waals surface area (Å²) in [6.07, 6.45) is 3.81. The highest BCUT2D eigenvalue weighted by molar-refractivity contribution is 6.30. The second-order valence-electron chi connectivity index (χ2n) is 6.19. The van der Waals surface area contributed by atoms with Crippen molar-refractivity contribution in [2.45, 2.75) is 18.8 Å². The number of benzene rings is 1. The average molecular weight is 355 g/mol. The summed E-state index contributed by atoms with van der Waals surface area (Å²) in [5.74, 6) is 0.679. The Balaban J connectivity index is 1.86. The van der Waals surface area contributed by atoms with Crippen molar-refractivity contribution < 1.29 is 0 Å². The lowest BCUT2D eigenvalue weighted by atomic mass is 9.89. The van der Waals surface area contributed by atoms with Gasteiger partial charge in [0.05, 0.1) is 5.69 Å². The lowest BCUT2D eigenvalue weighted by molar-refractivity contribution is 0.453. The SMILES string of the molecule is Nc1nccc(-c2c(-c3ccc(Cl)cc3)n[nH]c2C2CCNCC2)n1. The zero-order chi connectivity index (χ0) is 17.2. The van der Waals surface area contributed by atoms with Crippen LogP contribution in [0.2, 0.25) is 5.02 Å². The Morgan fingerprint density at radius 2 is 1.84 bits per heavy atom. The molecule has 1 saturated heterocycles. The van der Waals surface area contributed by atoms with Crippen LogP contribution in [0.25, 0.3) is 22.5 Å². The second-order valence-corrected chi connectivity index (χ2v) is 6.63. The van der Waals surface area contributed by atoms with E-state index < -0.39 is 0 Å². The van der Waals surface area contributed by atoms with Crippen LogP contribution in [0.15, 0.2) is 36.5 Å². The summed E-state index contributed by atoms with van der Waals surface area (Å²) in [6, 6.07) is 9.56.